The molecule has 56 valence electrons. The van der Waals surface area contributed by atoms with Crippen LogP contribution in [0.1, 0.15) is 19.8 Å². The maximum absolute atomic E-state index is 10.7. The Hall–Kier alpha value is -0.990. The molecule has 0 aliphatic heterocycles. The summed E-state index contributed by atoms with van der Waals surface area (Å²) in [5.41, 5.74) is 0. The molecule has 0 bridgehead atoms. The van der Waals surface area contributed by atoms with Crippen LogP contribution in [0.25, 0.3) is 0 Å². The fraction of sp³-hybridized carbons (Fsp3) is 0.571. The summed E-state index contributed by atoms with van der Waals surface area (Å²) in [6.07, 6.45) is 3.43. The van der Waals surface area contributed by atoms with E-state index in [1.807, 2.05) is 0 Å². The molecule has 0 aromatic heterocycles. The molecule has 0 heterocycles. The van der Waals surface area contributed by atoms with Gasteiger partial charge in [0.2, 0.25) is 0 Å². The van der Waals surface area contributed by atoms with Crippen molar-refractivity contribution < 1.29 is 4.79 Å². The van der Waals surface area contributed by atoms with Crippen molar-refractivity contribution in [3.05, 3.63) is 0 Å². The minimum atomic E-state index is -0.151. The van der Waals surface area contributed by atoms with Crippen molar-refractivity contribution in [3.8, 4) is 0 Å². The minimum absolute atomic E-state index is 0.0981. The highest BCUT2D eigenvalue weighted by Gasteiger charge is 2.07. The molecule has 3 nitrogen and oxygen atoms in total. The maximum atomic E-state index is 10.7. The molecule has 2 N–H and O–H groups in total. The number of nitrogens with one attached hydrogen (secondary N) is 2. The lowest BCUT2D eigenvalue weighted by molar-refractivity contribution is -0.115. The molecule has 0 aliphatic carbocycles. The number of carbonyl (C=O) groups is 1. The van der Waals surface area contributed by atoms with Gasteiger partial charge < -0.3 is 10.8 Å². The summed E-state index contributed by atoms with van der Waals surface area (Å²) >= 11 is 0. The molecule has 0 spiro atoms. The van der Waals surface area contributed by atoms with Crippen LogP contribution in [-0.4, -0.2) is 18.2 Å². The van der Waals surface area contributed by atoms with Gasteiger partial charge in [0.15, 0.2) is 5.78 Å². The zero-order chi connectivity index (χ0) is 7.98. The van der Waals surface area contributed by atoms with Crippen LogP contribution in [0.4, 0.5) is 0 Å². The SMILES string of the molecule is CC(CCC=N)C(=O)C=N. The molecule has 0 amide bonds. The van der Waals surface area contributed by atoms with Gasteiger partial charge in [-0.2, -0.15) is 0 Å². The van der Waals surface area contributed by atoms with Crippen LogP contribution in [0, 0.1) is 16.7 Å². The predicted octanol–water partition coefficient (Wildman–Crippen LogP) is 1.27. The van der Waals surface area contributed by atoms with E-state index >= 15 is 0 Å². The van der Waals surface area contributed by atoms with Crippen molar-refractivity contribution in [1.82, 2.24) is 0 Å². The van der Waals surface area contributed by atoms with E-state index in [1.54, 1.807) is 6.92 Å². The average Bonchev–Trinajstić information content (AvgIpc) is 1.98. The third kappa shape index (κ3) is 3.12. The van der Waals surface area contributed by atoms with Gasteiger partial charge in [0, 0.05) is 5.92 Å². The fourth-order valence-corrected chi connectivity index (χ4v) is 0.618. The van der Waals surface area contributed by atoms with Gasteiger partial charge in [-0.15, -0.1) is 0 Å². The van der Waals surface area contributed by atoms with Crippen molar-refractivity contribution in [2.45, 2.75) is 19.8 Å². The van der Waals surface area contributed by atoms with E-state index in [9.17, 15) is 4.79 Å². The van der Waals surface area contributed by atoms with E-state index < -0.39 is 0 Å². The van der Waals surface area contributed by atoms with Crippen molar-refractivity contribution in [3.63, 3.8) is 0 Å². The highest BCUT2D eigenvalue weighted by molar-refractivity contribution is 6.27. The van der Waals surface area contributed by atoms with Gasteiger partial charge in [-0.05, 0) is 19.1 Å². The Morgan fingerprint density at radius 3 is 2.60 bits per heavy atom. The normalized spacial score (nSPS) is 12.1. The van der Waals surface area contributed by atoms with Crippen LogP contribution in [0.5, 0.6) is 0 Å². The number of ketones is 1. The highest BCUT2D eigenvalue weighted by Crippen LogP contribution is 2.03. The zero-order valence-corrected chi connectivity index (χ0v) is 6.05. The summed E-state index contributed by atoms with van der Waals surface area (Å²) in [6, 6.07) is 0. The van der Waals surface area contributed by atoms with Gasteiger partial charge in [-0.3, -0.25) is 4.79 Å². The molecule has 0 aromatic carbocycles. The first-order chi connectivity index (χ1) is 4.72. The summed E-state index contributed by atoms with van der Waals surface area (Å²) in [6.45, 7) is 1.77. The van der Waals surface area contributed by atoms with E-state index in [0.717, 1.165) is 6.21 Å². The standard InChI is InChI=1S/C7H12N2O/c1-6(3-2-4-8)7(10)5-9/h4-6,8-9H,2-3H2,1H3. The summed E-state index contributed by atoms with van der Waals surface area (Å²) < 4.78 is 0. The highest BCUT2D eigenvalue weighted by atomic mass is 16.1. The number of hydrogen-bond acceptors (Lipinski definition) is 3. The van der Waals surface area contributed by atoms with Gasteiger partial charge in [0.25, 0.3) is 0 Å². The van der Waals surface area contributed by atoms with Crippen molar-refractivity contribution in [1.29, 1.82) is 10.8 Å². The summed E-state index contributed by atoms with van der Waals surface area (Å²) in [7, 11) is 0. The van der Waals surface area contributed by atoms with E-state index in [4.69, 9.17) is 10.8 Å². The van der Waals surface area contributed by atoms with Crippen molar-refractivity contribution in [2.24, 2.45) is 5.92 Å². The van der Waals surface area contributed by atoms with Crippen LogP contribution < -0.4 is 0 Å². The molecule has 0 aromatic rings. The molecular weight excluding hydrogens is 128 g/mol. The van der Waals surface area contributed by atoms with Gasteiger partial charge in [0.1, 0.15) is 0 Å². The first-order valence-electron chi connectivity index (χ1n) is 3.25. The quantitative estimate of drug-likeness (QED) is 0.555. The molecule has 0 radical (unpaired) electrons. The molecule has 0 rings (SSSR count). The predicted molar refractivity (Wildman–Crippen MR) is 41.0 cm³/mol. The van der Waals surface area contributed by atoms with E-state index in [0.29, 0.717) is 12.8 Å². The van der Waals surface area contributed by atoms with Gasteiger partial charge in [-0.25, -0.2) is 0 Å². The molecule has 0 aliphatic rings. The van der Waals surface area contributed by atoms with E-state index in [1.165, 1.54) is 6.21 Å². The lowest BCUT2D eigenvalue weighted by atomic mass is 10.0. The van der Waals surface area contributed by atoms with Crippen LogP contribution in [0.3, 0.4) is 0 Å². The molecule has 0 saturated heterocycles. The summed E-state index contributed by atoms with van der Waals surface area (Å²) in [5.74, 6) is -0.249. The van der Waals surface area contributed by atoms with Crippen LogP contribution in [0.15, 0.2) is 0 Å². The summed E-state index contributed by atoms with van der Waals surface area (Å²) in [4.78, 5) is 10.7. The second-order valence-corrected chi connectivity index (χ2v) is 2.23. The first-order valence-corrected chi connectivity index (χ1v) is 3.25. The largest absolute Gasteiger partial charge is 0.313 e. The molecule has 0 fully saturated rings. The Kier molecular flexibility index (Phi) is 4.37. The number of Topliss-reactive ketones (excluding diaryl/α,β-unsaturated/α-hetero) is 1. The Labute approximate surface area is 60.5 Å². The van der Waals surface area contributed by atoms with Gasteiger partial charge in [-0.1, -0.05) is 6.92 Å². The molecule has 3 heteroatoms. The van der Waals surface area contributed by atoms with E-state index in [2.05, 4.69) is 0 Å². The van der Waals surface area contributed by atoms with Crippen LogP contribution in [-0.2, 0) is 4.79 Å². The fourth-order valence-electron chi connectivity index (χ4n) is 0.618. The number of rotatable bonds is 5. The topological polar surface area (TPSA) is 64.8 Å². The summed E-state index contributed by atoms with van der Waals surface area (Å²) in [5, 5.41) is 13.3. The molecule has 10 heavy (non-hydrogen) atoms. The molecular formula is C7H12N2O. The first kappa shape index (κ1) is 9.01. The zero-order valence-electron chi connectivity index (χ0n) is 6.05. The second kappa shape index (κ2) is 4.85. The second-order valence-electron chi connectivity index (χ2n) is 2.23. The lowest BCUT2D eigenvalue weighted by Gasteiger charge is -2.02. The number of hydrogen-bond donors (Lipinski definition) is 2. The van der Waals surface area contributed by atoms with Gasteiger partial charge >= 0.3 is 0 Å². The Morgan fingerprint density at radius 2 is 2.20 bits per heavy atom. The Bertz CT molecular complexity index is 143. The lowest BCUT2D eigenvalue weighted by Crippen LogP contribution is -2.11. The minimum Gasteiger partial charge on any atom is -0.313 e. The number of carbonyl (C=O) groups excluding carboxylic acids is 1. The molecule has 1 unspecified atom stereocenters. The molecule has 0 saturated carbocycles. The van der Waals surface area contributed by atoms with Crippen molar-refractivity contribution in [2.75, 3.05) is 0 Å². The van der Waals surface area contributed by atoms with Gasteiger partial charge in [0.05, 0.1) is 6.21 Å². The monoisotopic (exact) mass is 140 g/mol. The van der Waals surface area contributed by atoms with Crippen LogP contribution >= 0.6 is 0 Å². The maximum Gasteiger partial charge on any atom is 0.175 e. The smallest absolute Gasteiger partial charge is 0.175 e. The Morgan fingerprint density at radius 1 is 1.60 bits per heavy atom. The third-order valence-electron chi connectivity index (χ3n) is 1.37. The molecule has 1 atom stereocenters. The Balaban J connectivity index is 3.60. The van der Waals surface area contributed by atoms with Crippen LogP contribution in [0.2, 0.25) is 0 Å². The third-order valence-corrected chi connectivity index (χ3v) is 1.37. The average molecular weight is 140 g/mol. The van der Waals surface area contributed by atoms with Crippen molar-refractivity contribution >= 4 is 18.2 Å². The van der Waals surface area contributed by atoms with E-state index in [-0.39, 0.29) is 11.7 Å².